The molecule has 0 amide bonds. The lowest BCUT2D eigenvalue weighted by molar-refractivity contribution is -0.256. The Morgan fingerprint density at radius 1 is 1.13 bits per heavy atom. The Hall–Kier alpha value is -0.290. The van der Waals surface area contributed by atoms with Crippen molar-refractivity contribution in [1.82, 2.24) is 4.90 Å². The molecule has 1 fully saturated rings. The van der Waals surface area contributed by atoms with Gasteiger partial charge in [0.15, 0.2) is 6.10 Å². The van der Waals surface area contributed by atoms with E-state index < -0.39 is 12.3 Å². The van der Waals surface area contributed by atoms with Crippen LogP contribution in [0.25, 0.3) is 0 Å². The van der Waals surface area contributed by atoms with E-state index in [-0.39, 0.29) is 18.2 Å². The first-order chi connectivity index (χ1) is 6.60. The average Bonchev–Trinajstić information content (AvgIpc) is 1.99. The van der Waals surface area contributed by atoms with Crippen LogP contribution in [0.3, 0.4) is 0 Å². The number of rotatable bonds is 0. The summed E-state index contributed by atoms with van der Waals surface area (Å²) in [7, 11) is 0. The Morgan fingerprint density at radius 2 is 1.67 bits per heavy atom. The second kappa shape index (κ2) is 3.94. The normalized spacial score (nSPS) is 30.6. The van der Waals surface area contributed by atoms with Gasteiger partial charge < -0.3 is 4.74 Å². The van der Waals surface area contributed by atoms with E-state index in [1.54, 1.807) is 6.92 Å². The van der Waals surface area contributed by atoms with E-state index in [4.69, 9.17) is 4.74 Å². The molecular formula is C10H18F3NO. The maximum Gasteiger partial charge on any atom is 0.415 e. The SMILES string of the molecule is C[C@H]1CN(C(C)(C)C)C[C@@H](C(F)(F)F)O1. The van der Waals surface area contributed by atoms with Gasteiger partial charge in [-0.15, -0.1) is 0 Å². The minimum Gasteiger partial charge on any atom is -0.363 e. The maximum atomic E-state index is 12.5. The van der Waals surface area contributed by atoms with Gasteiger partial charge in [-0.3, -0.25) is 4.90 Å². The first-order valence-corrected chi connectivity index (χ1v) is 5.08. The number of nitrogens with zero attached hydrogens (tertiary/aromatic N) is 1. The Kier molecular flexibility index (Phi) is 3.36. The maximum absolute atomic E-state index is 12.5. The third-order valence-electron chi connectivity index (χ3n) is 2.57. The quantitative estimate of drug-likeness (QED) is 0.628. The van der Waals surface area contributed by atoms with Crippen molar-refractivity contribution in [1.29, 1.82) is 0 Å². The summed E-state index contributed by atoms with van der Waals surface area (Å²) in [6.45, 7) is 7.90. The predicted molar refractivity (Wildman–Crippen MR) is 51.7 cm³/mol. The van der Waals surface area contributed by atoms with Gasteiger partial charge in [0.1, 0.15) is 0 Å². The monoisotopic (exact) mass is 225 g/mol. The minimum atomic E-state index is -4.27. The molecular weight excluding hydrogens is 207 g/mol. The molecule has 0 aromatic carbocycles. The third-order valence-corrected chi connectivity index (χ3v) is 2.57. The van der Waals surface area contributed by atoms with Crippen LogP contribution in [-0.4, -0.2) is 41.9 Å². The van der Waals surface area contributed by atoms with Gasteiger partial charge in [0, 0.05) is 18.6 Å². The van der Waals surface area contributed by atoms with Crippen LogP contribution in [-0.2, 0) is 4.74 Å². The smallest absolute Gasteiger partial charge is 0.363 e. The zero-order chi connectivity index (χ0) is 11.9. The number of alkyl halides is 3. The van der Waals surface area contributed by atoms with Crippen molar-refractivity contribution in [2.45, 2.75) is 51.6 Å². The molecule has 1 aliphatic heterocycles. The second-order valence-electron chi connectivity index (χ2n) is 5.05. The molecule has 1 heterocycles. The summed E-state index contributed by atoms with van der Waals surface area (Å²) in [6, 6.07) is 0. The zero-order valence-corrected chi connectivity index (χ0v) is 9.56. The van der Waals surface area contributed by atoms with Gasteiger partial charge in [-0.05, 0) is 27.7 Å². The lowest BCUT2D eigenvalue weighted by atomic mass is 10.0. The zero-order valence-electron chi connectivity index (χ0n) is 9.56. The highest BCUT2D eigenvalue weighted by Crippen LogP contribution is 2.30. The van der Waals surface area contributed by atoms with Crippen LogP contribution >= 0.6 is 0 Å². The molecule has 0 aliphatic carbocycles. The Labute approximate surface area is 88.4 Å². The van der Waals surface area contributed by atoms with Crippen molar-refractivity contribution < 1.29 is 17.9 Å². The fourth-order valence-electron chi connectivity index (χ4n) is 1.68. The van der Waals surface area contributed by atoms with Crippen molar-refractivity contribution in [3.8, 4) is 0 Å². The van der Waals surface area contributed by atoms with Crippen LogP contribution in [0.15, 0.2) is 0 Å². The summed E-state index contributed by atoms with van der Waals surface area (Å²) in [6.07, 6.45) is -6.29. The molecule has 5 heteroatoms. The fourth-order valence-corrected chi connectivity index (χ4v) is 1.68. The fraction of sp³-hybridized carbons (Fsp3) is 1.00. The summed E-state index contributed by atoms with van der Waals surface area (Å²) in [5.41, 5.74) is -0.248. The Bertz CT molecular complexity index is 200. The molecule has 15 heavy (non-hydrogen) atoms. The lowest BCUT2D eigenvalue weighted by Crippen LogP contribution is -2.57. The second-order valence-corrected chi connectivity index (χ2v) is 5.05. The third kappa shape index (κ3) is 3.34. The summed E-state index contributed by atoms with van der Waals surface area (Å²) in [5.74, 6) is 0. The van der Waals surface area contributed by atoms with Crippen LogP contribution in [0.1, 0.15) is 27.7 Å². The number of morpholine rings is 1. The van der Waals surface area contributed by atoms with Gasteiger partial charge in [0.2, 0.25) is 0 Å². The van der Waals surface area contributed by atoms with Gasteiger partial charge in [-0.25, -0.2) is 0 Å². The Balaban J connectivity index is 2.73. The van der Waals surface area contributed by atoms with Gasteiger partial charge >= 0.3 is 6.18 Å². The van der Waals surface area contributed by atoms with Crippen molar-refractivity contribution in [2.24, 2.45) is 0 Å². The van der Waals surface area contributed by atoms with E-state index in [0.717, 1.165) is 0 Å². The molecule has 0 radical (unpaired) electrons. The highest BCUT2D eigenvalue weighted by atomic mass is 19.4. The topological polar surface area (TPSA) is 12.5 Å². The number of ether oxygens (including phenoxy) is 1. The summed E-state index contributed by atoms with van der Waals surface area (Å²) in [5, 5.41) is 0. The molecule has 0 aromatic rings. The highest BCUT2D eigenvalue weighted by Gasteiger charge is 2.46. The molecule has 0 bridgehead atoms. The highest BCUT2D eigenvalue weighted by molar-refractivity contribution is 4.87. The molecule has 90 valence electrons. The molecule has 1 rings (SSSR count). The molecule has 2 atom stereocenters. The van der Waals surface area contributed by atoms with Gasteiger partial charge in [-0.1, -0.05) is 0 Å². The van der Waals surface area contributed by atoms with Crippen LogP contribution in [0.4, 0.5) is 13.2 Å². The van der Waals surface area contributed by atoms with E-state index >= 15 is 0 Å². The van der Waals surface area contributed by atoms with Crippen molar-refractivity contribution in [3.63, 3.8) is 0 Å². The van der Waals surface area contributed by atoms with E-state index in [9.17, 15) is 13.2 Å². The minimum absolute atomic E-state index is 0.0721. The summed E-state index contributed by atoms with van der Waals surface area (Å²) in [4.78, 5) is 1.82. The molecule has 1 aliphatic rings. The summed E-state index contributed by atoms with van der Waals surface area (Å²) < 4.78 is 42.5. The van der Waals surface area contributed by atoms with Crippen molar-refractivity contribution in [2.75, 3.05) is 13.1 Å². The number of hydrogen-bond donors (Lipinski definition) is 0. The molecule has 0 unspecified atom stereocenters. The van der Waals surface area contributed by atoms with Gasteiger partial charge in [-0.2, -0.15) is 13.2 Å². The first kappa shape index (κ1) is 12.8. The largest absolute Gasteiger partial charge is 0.415 e. The molecule has 0 spiro atoms. The molecule has 0 saturated carbocycles. The molecule has 1 saturated heterocycles. The average molecular weight is 225 g/mol. The summed E-state index contributed by atoms with van der Waals surface area (Å²) >= 11 is 0. The van der Waals surface area contributed by atoms with Crippen LogP contribution in [0.2, 0.25) is 0 Å². The molecule has 0 aromatic heterocycles. The van der Waals surface area contributed by atoms with E-state index in [2.05, 4.69) is 0 Å². The van der Waals surface area contributed by atoms with Crippen molar-refractivity contribution in [3.05, 3.63) is 0 Å². The van der Waals surface area contributed by atoms with Crippen molar-refractivity contribution >= 4 is 0 Å². The van der Waals surface area contributed by atoms with Crippen LogP contribution in [0, 0.1) is 0 Å². The molecule has 0 N–H and O–H groups in total. The van der Waals surface area contributed by atoms with E-state index in [1.807, 2.05) is 25.7 Å². The van der Waals surface area contributed by atoms with Crippen LogP contribution in [0.5, 0.6) is 0 Å². The predicted octanol–water partition coefficient (Wildman–Crippen LogP) is 2.44. The number of halogens is 3. The van der Waals surface area contributed by atoms with Crippen LogP contribution < -0.4 is 0 Å². The number of hydrogen-bond acceptors (Lipinski definition) is 2. The van der Waals surface area contributed by atoms with E-state index in [1.165, 1.54) is 0 Å². The first-order valence-electron chi connectivity index (χ1n) is 5.08. The van der Waals surface area contributed by atoms with Gasteiger partial charge in [0.05, 0.1) is 6.10 Å². The lowest BCUT2D eigenvalue weighted by Gasteiger charge is -2.44. The van der Waals surface area contributed by atoms with E-state index in [0.29, 0.717) is 6.54 Å². The molecule has 2 nitrogen and oxygen atoms in total. The Morgan fingerprint density at radius 3 is 2.07 bits per heavy atom. The standard InChI is InChI=1S/C10H18F3NO/c1-7-5-14(9(2,3)4)6-8(15-7)10(11,12)13/h7-8H,5-6H2,1-4H3/t7-,8-/m0/s1. The van der Waals surface area contributed by atoms with Gasteiger partial charge in [0.25, 0.3) is 0 Å².